The lowest BCUT2D eigenvalue weighted by atomic mass is 10.1. The van der Waals surface area contributed by atoms with E-state index in [1.54, 1.807) is 12.1 Å². The topological polar surface area (TPSA) is 37.3 Å². The average molecular weight is 215 g/mol. The largest absolute Gasteiger partial charge is 0.506 e. The van der Waals surface area contributed by atoms with Gasteiger partial charge in [0.2, 0.25) is 0 Å². The van der Waals surface area contributed by atoms with Crippen LogP contribution in [0, 0.1) is 6.92 Å². The first-order valence-corrected chi connectivity index (χ1v) is 3.89. The van der Waals surface area contributed by atoms with Gasteiger partial charge in [-0.1, -0.05) is 6.07 Å². The van der Waals surface area contributed by atoms with Crippen LogP contribution in [0.15, 0.2) is 16.6 Å². The lowest BCUT2D eigenvalue weighted by Crippen LogP contribution is -1.84. The molecule has 1 N–H and O–H groups in total. The summed E-state index contributed by atoms with van der Waals surface area (Å²) in [5.41, 5.74) is 1.22. The zero-order valence-electron chi connectivity index (χ0n) is 5.97. The highest BCUT2D eigenvalue weighted by Gasteiger charge is 2.05. The molecule has 0 atom stereocenters. The van der Waals surface area contributed by atoms with E-state index in [-0.39, 0.29) is 5.75 Å². The Morgan fingerprint density at radius 3 is 2.73 bits per heavy atom. The van der Waals surface area contributed by atoms with Gasteiger partial charge in [-0.2, -0.15) is 0 Å². The van der Waals surface area contributed by atoms with Crippen molar-refractivity contribution in [2.45, 2.75) is 6.92 Å². The standard InChI is InChI=1S/C8H7BrO2/c1-5-2-3-6(4-10)8(11)7(5)9/h2-4,11H,1H3. The average Bonchev–Trinajstić information content (AvgIpc) is 2.01. The Balaban J connectivity index is 3.36. The van der Waals surface area contributed by atoms with E-state index in [0.29, 0.717) is 16.3 Å². The number of halogens is 1. The maximum Gasteiger partial charge on any atom is 0.153 e. The predicted molar refractivity (Wildman–Crippen MR) is 45.9 cm³/mol. The molecule has 0 bridgehead atoms. The van der Waals surface area contributed by atoms with Crippen molar-refractivity contribution in [3.63, 3.8) is 0 Å². The number of aldehydes is 1. The van der Waals surface area contributed by atoms with Crippen LogP contribution in [0.5, 0.6) is 5.75 Å². The van der Waals surface area contributed by atoms with E-state index < -0.39 is 0 Å². The summed E-state index contributed by atoms with van der Waals surface area (Å²) in [6, 6.07) is 3.36. The molecule has 0 unspecified atom stereocenters. The van der Waals surface area contributed by atoms with Crippen molar-refractivity contribution >= 4 is 22.2 Å². The third-order valence-electron chi connectivity index (χ3n) is 1.47. The second-order valence-electron chi connectivity index (χ2n) is 2.25. The molecule has 58 valence electrons. The summed E-state index contributed by atoms with van der Waals surface area (Å²) in [6.07, 6.45) is 0.625. The third-order valence-corrected chi connectivity index (χ3v) is 2.47. The van der Waals surface area contributed by atoms with Crippen LogP contribution in [-0.4, -0.2) is 11.4 Å². The molecule has 0 fully saturated rings. The first kappa shape index (κ1) is 8.27. The van der Waals surface area contributed by atoms with Crippen molar-refractivity contribution < 1.29 is 9.90 Å². The van der Waals surface area contributed by atoms with E-state index in [0.717, 1.165) is 5.56 Å². The summed E-state index contributed by atoms with van der Waals surface area (Å²) in [5.74, 6) is 0.0139. The fourth-order valence-electron chi connectivity index (χ4n) is 0.775. The Labute approximate surface area is 73.0 Å². The molecular formula is C8H7BrO2. The molecule has 0 aromatic heterocycles. The van der Waals surface area contributed by atoms with Crippen molar-refractivity contribution in [1.82, 2.24) is 0 Å². The van der Waals surface area contributed by atoms with E-state index in [2.05, 4.69) is 15.9 Å². The van der Waals surface area contributed by atoms with Gasteiger partial charge in [-0.3, -0.25) is 4.79 Å². The normalized spacial score (nSPS) is 9.64. The quantitative estimate of drug-likeness (QED) is 0.729. The van der Waals surface area contributed by atoms with Crippen LogP contribution in [-0.2, 0) is 0 Å². The molecular weight excluding hydrogens is 208 g/mol. The Morgan fingerprint density at radius 1 is 1.55 bits per heavy atom. The minimum atomic E-state index is 0.0139. The monoisotopic (exact) mass is 214 g/mol. The third kappa shape index (κ3) is 1.43. The minimum Gasteiger partial charge on any atom is -0.506 e. The van der Waals surface area contributed by atoms with Crippen LogP contribution in [0.1, 0.15) is 15.9 Å². The molecule has 0 spiro atoms. The van der Waals surface area contributed by atoms with Crippen LogP contribution in [0.3, 0.4) is 0 Å². The molecule has 0 saturated carbocycles. The molecule has 0 radical (unpaired) electrons. The highest BCUT2D eigenvalue weighted by Crippen LogP contribution is 2.29. The number of aromatic hydroxyl groups is 1. The van der Waals surface area contributed by atoms with Crippen molar-refractivity contribution in [2.75, 3.05) is 0 Å². The van der Waals surface area contributed by atoms with Gasteiger partial charge in [0.15, 0.2) is 6.29 Å². The van der Waals surface area contributed by atoms with Crippen molar-refractivity contribution in [3.05, 3.63) is 27.7 Å². The molecule has 1 aromatic carbocycles. The Morgan fingerprint density at radius 2 is 2.18 bits per heavy atom. The Bertz CT molecular complexity index is 294. The highest BCUT2D eigenvalue weighted by molar-refractivity contribution is 9.10. The SMILES string of the molecule is Cc1ccc(C=O)c(O)c1Br. The predicted octanol–water partition coefficient (Wildman–Crippen LogP) is 2.28. The van der Waals surface area contributed by atoms with Gasteiger partial charge < -0.3 is 5.11 Å². The molecule has 1 rings (SSSR count). The molecule has 0 aliphatic rings. The maximum atomic E-state index is 10.3. The molecule has 11 heavy (non-hydrogen) atoms. The van der Waals surface area contributed by atoms with Gasteiger partial charge in [-0.25, -0.2) is 0 Å². The summed E-state index contributed by atoms with van der Waals surface area (Å²) < 4.78 is 0.585. The lowest BCUT2D eigenvalue weighted by Gasteiger charge is -2.02. The molecule has 0 aliphatic carbocycles. The first-order valence-electron chi connectivity index (χ1n) is 3.10. The van der Waals surface area contributed by atoms with Gasteiger partial charge in [-0.05, 0) is 34.5 Å². The number of phenolic OH excluding ortho intramolecular Hbond substituents is 1. The van der Waals surface area contributed by atoms with Gasteiger partial charge in [0, 0.05) is 0 Å². The number of phenols is 1. The first-order chi connectivity index (χ1) is 5.16. The van der Waals surface area contributed by atoms with E-state index in [1.807, 2.05) is 6.92 Å². The molecule has 3 heteroatoms. The molecule has 1 aromatic rings. The summed E-state index contributed by atoms with van der Waals surface area (Å²) >= 11 is 3.16. The van der Waals surface area contributed by atoms with Gasteiger partial charge in [-0.15, -0.1) is 0 Å². The number of hydrogen-bond acceptors (Lipinski definition) is 2. The Hall–Kier alpha value is -0.830. The van der Waals surface area contributed by atoms with Gasteiger partial charge in [0.25, 0.3) is 0 Å². The number of aryl methyl sites for hydroxylation is 1. The van der Waals surface area contributed by atoms with Gasteiger partial charge >= 0.3 is 0 Å². The smallest absolute Gasteiger partial charge is 0.153 e. The number of hydrogen-bond donors (Lipinski definition) is 1. The van der Waals surface area contributed by atoms with Crippen molar-refractivity contribution in [1.29, 1.82) is 0 Å². The maximum absolute atomic E-state index is 10.3. The van der Waals surface area contributed by atoms with E-state index >= 15 is 0 Å². The summed E-state index contributed by atoms with van der Waals surface area (Å²) in [5, 5.41) is 9.30. The van der Waals surface area contributed by atoms with E-state index in [9.17, 15) is 9.90 Å². The zero-order chi connectivity index (χ0) is 8.43. The van der Waals surface area contributed by atoms with Gasteiger partial charge in [0.05, 0.1) is 10.0 Å². The number of rotatable bonds is 1. The van der Waals surface area contributed by atoms with Crippen LogP contribution >= 0.6 is 15.9 Å². The van der Waals surface area contributed by atoms with Crippen molar-refractivity contribution in [2.24, 2.45) is 0 Å². The zero-order valence-corrected chi connectivity index (χ0v) is 7.55. The van der Waals surface area contributed by atoms with Gasteiger partial charge in [0.1, 0.15) is 5.75 Å². The number of carbonyl (C=O) groups is 1. The molecule has 2 nitrogen and oxygen atoms in total. The van der Waals surface area contributed by atoms with Crippen LogP contribution in [0.4, 0.5) is 0 Å². The summed E-state index contributed by atoms with van der Waals surface area (Å²) in [7, 11) is 0. The molecule has 0 aliphatic heterocycles. The molecule has 0 amide bonds. The minimum absolute atomic E-state index is 0.0139. The highest BCUT2D eigenvalue weighted by atomic mass is 79.9. The Kier molecular flexibility index (Phi) is 2.29. The van der Waals surface area contributed by atoms with Crippen LogP contribution in [0.25, 0.3) is 0 Å². The molecule has 0 saturated heterocycles. The second-order valence-corrected chi connectivity index (χ2v) is 3.05. The fraction of sp³-hybridized carbons (Fsp3) is 0.125. The van der Waals surface area contributed by atoms with Crippen molar-refractivity contribution in [3.8, 4) is 5.75 Å². The number of carbonyl (C=O) groups excluding carboxylic acids is 1. The summed E-state index contributed by atoms with van der Waals surface area (Å²) in [4.78, 5) is 10.3. The van der Waals surface area contributed by atoms with E-state index in [1.165, 1.54) is 0 Å². The second kappa shape index (κ2) is 3.05. The summed E-state index contributed by atoms with van der Waals surface area (Å²) in [6.45, 7) is 1.85. The molecule has 0 heterocycles. The van der Waals surface area contributed by atoms with Crippen LogP contribution < -0.4 is 0 Å². The lowest BCUT2D eigenvalue weighted by molar-refractivity contribution is 0.112. The number of benzene rings is 1. The fourth-order valence-corrected chi connectivity index (χ4v) is 1.14. The van der Waals surface area contributed by atoms with Crippen LogP contribution in [0.2, 0.25) is 0 Å². The van der Waals surface area contributed by atoms with E-state index in [4.69, 9.17) is 0 Å².